The minimum atomic E-state index is 0.0388. The van der Waals surface area contributed by atoms with Crippen LogP contribution in [0.15, 0.2) is 33.8 Å². The van der Waals surface area contributed by atoms with E-state index in [9.17, 15) is 0 Å². The number of aliphatic hydroxyl groups is 1. The fourth-order valence-corrected chi connectivity index (χ4v) is 1.14. The quantitative estimate of drug-likeness (QED) is 0.321. The van der Waals surface area contributed by atoms with Gasteiger partial charge in [-0.2, -0.15) is 5.10 Å². The molecule has 0 aromatic heterocycles. The minimum Gasteiger partial charge on any atom is -0.394 e. The fraction of sp³-hybridized carbons (Fsp3) is 0.222. The normalized spacial score (nSPS) is 11.4. The third-order valence-corrected chi connectivity index (χ3v) is 2.09. The number of rotatable bonds is 4. The summed E-state index contributed by atoms with van der Waals surface area (Å²) in [5.74, 6) is 0.408. The number of hydrogen-bond donors (Lipinski definition) is 3. The van der Waals surface area contributed by atoms with Crippen molar-refractivity contribution in [3.05, 3.63) is 34.3 Å². The molecule has 0 radical (unpaired) electrons. The minimum absolute atomic E-state index is 0.0388. The lowest BCUT2D eigenvalue weighted by atomic mass is 10.2. The van der Waals surface area contributed by atoms with Gasteiger partial charge >= 0.3 is 0 Å². The second kappa shape index (κ2) is 5.62. The van der Waals surface area contributed by atoms with Gasteiger partial charge in [0.1, 0.15) is 0 Å². The third kappa shape index (κ3) is 3.35. The van der Waals surface area contributed by atoms with Gasteiger partial charge in [-0.15, -0.1) is 0 Å². The second-order valence-electron chi connectivity index (χ2n) is 2.64. The van der Waals surface area contributed by atoms with Crippen LogP contribution in [0.3, 0.4) is 0 Å². The van der Waals surface area contributed by atoms with Crippen molar-refractivity contribution in [1.29, 1.82) is 0 Å². The maximum atomic E-state index is 8.51. The molecule has 0 aliphatic heterocycles. The van der Waals surface area contributed by atoms with E-state index >= 15 is 0 Å². The molecule has 1 rings (SSSR count). The topological polar surface area (TPSA) is 70.6 Å². The van der Waals surface area contributed by atoms with E-state index in [1.54, 1.807) is 0 Å². The van der Waals surface area contributed by atoms with Crippen molar-refractivity contribution in [3.8, 4) is 0 Å². The number of nitrogens with zero attached hydrogens (tertiary/aromatic N) is 1. The zero-order valence-corrected chi connectivity index (χ0v) is 9.16. The Labute approximate surface area is 90.9 Å². The summed E-state index contributed by atoms with van der Waals surface area (Å²) in [6.45, 7) is 0.439. The Morgan fingerprint density at radius 1 is 1.43 bits per heavy atom. The zero-order chi connectivity index (χ0) is 10.4. The lowest BCUT2D eigenvalue weighted by molar-refractivity contribution is 0.293. The van der Waals surface area contributed by atoms with Crippen molar-refractivity contribution in [2.24, 2.45) is 10.8 Å². The summed E-state index contributed by atoms with van der Waals surface area (Å²) < 4.78 is 0.998. The molecule has 0 fully saturated rings. The van der Waals surface area contributed by atoms with E-state index in [-0.39, 0.29) is 6.61 Å². The molecule has 0 heterocycles. The van der Waals surface area contributed by atoms with Gasteiger partial charge < -0.3 is 16.3 Å². The number of benzene rings is 1. The lowest BCUT2D eigenvalue weighted by Gasteiger charge is -2.01. The Kier molecular flexibility index (Phi) is 4.42. The van der Waals surface area contributed by atoms with Gasteiger partial charge in [-0.1, -0.05) is 28.1 Å². The van der Waals surface area contributed by atoms with Crippen molar-refractivity contribution in [1.82, 2.24) is 5.43 Å². The molecule has 5 heteroatoms. The predicted octanol–water partition coefficient (Wildman–Crippen LogP) is 0.651. The first kappa shape index (κ1) is 11.0. The van der Waals surface area contributed by atoms with Gasteiger partial charge in [0, 0.05) is 10.0 Å². The van der Waals surface area contributed by atoms with Crippen LogP contribution in [-0.4, -0.2) is 24.1 Å². The Morgan fingerprint density at radius 2 is 2.07 bits per heavy atom. The third-order valence-electron chi connectivity index (χ3n) is 1.56. The average molecular weight is 258 g/mol. The molecule has 0 unspecified atom stereocenters. The number of nitrogens with two attached hydrogens (primary N) is 1. The lowest BCUT2D eigenvalue weighted by Crippen LogP contribution is -2.20. The van der Waals surface area contributed by atoms with Crippen LogP contribution in [0.1, 0.15) is 5.56 Å². The SMILES string of the molecule is NC(=NNCCO)c1ccc(Br)cc1. The zero-order valence-electron chi connectivity index (χ0n) is 7.57. The van der Waals surface area contributed by atoms with E-state index in [0.717, 1.165) is 10.0 Å². The maximum absolute atomic E-state index is 8.51. The highest BCUT2D eigenvalue weighted by molar-refractivity contribution is 9.10. The number of hydrazone groups is 1. The van der Waals surface area contributed by atoms with Crippen LogP contribution in [0.25, 0.3) is 0 Å². The van der Waals surface area contributed by atoms with Gasteiger partial charge in [0.15, 0.2) is 5.84 Å². The first-order valence-electron chi connectivity index (χ1n) is 4.17. The van der Waals surface area contributed by atoms with Crippen molar-refractivity contribution < 1.29 is 5.11 Å². The molecule has 76 valence electrons. The number of aliphatic hydroxyl groups excluding tert-OH is 1. The molecule has 0 saturated carbocycles. The molecule has 0 amide bonds. The fourth-order valence-electron chi connectivity index (χ4n) is 0.876. The van der Waals surface area contributed by atoms with Gasteiger partial charge in [0.25, 0.3) is 0 Å². The van der Waals surface area contributed by atoms with Gasteiger partial charge in [0.05, 0.1) is 13.2 Å². The summed E-state index contributed by atoms with van der Waals surface area (Å²) in [6.07, 6.45) is 0. The number of halogens is 1. The molecule has 1 aromatic rings. The van der Waals surface area contributed by atoms with E-state index in [0.29, 0.717) is 12.4 Å². The Bertz CT molecular complexity index is 310. The molecule has 0 bridgehead atoms. The highest BCUT2D eigenvalue weighted by Crippen LogP contribution is 2.09. The molecule has 4 nitrogen and oxygen atoms in total. The first-order valence-corrected chi connectivity index (χ1v) is 4.96. The highest BCUT2D eigenvalue weighted by Gasteiger charge is 1.96. The van der Waals surface area contributed by atoms with Crippen LogP contribution in [0, 0.1) is 0 Å². The molecule has 0 spiro atoms. The van der Waals surface area contributed by atoms with Crippen molar-refractivity contribution in [2.45, 2.75) is 0 Å². The molecule has 1 aromatic carbocycles. The van der Waals surface area contributed by atoms with Gasteiger partial charge in [-0.3, -0.25) is 0 Å². The van der Waals surface area contributed by atoms with Crippen LogP contribution in [0.4, 0.5) is 0 Å². The average Bonchev–Trinajstić information content (AvgIpc) is 2.19. The summed E-state index contributed by atoms with van der Waals surface area (Å²) in [4.78, 5) is 0. The molecular weight excluding hydrogens is 246 g/mol. The van der Waals surface area contributed by atoms with Crippen LogP contribution in [0.2, 0.25) is 0 Å². The highest BCUT2D eigenvalue weighted by atomic mass is 79.9. The predicted molar refractivity (Wildman–Crippen MR) is 60.0 cm³/mol. The molecule has 0 saturated heterocycles. The first-order chi connectivity index (χ1) is 6.74. The van der Waals surface area contributed by atoms with Crippen molar-refractivity contribution in [3.63, 3.8) is 0 Å². The van der Waals surface area contributed by atoms with Crippen LogP contribution >= 0.6 is 15.9 Å². The molecule has 14 heavy (non-hydrogen) atoms. The molecule has 0 aliphatic rings. The van der Waals surface area contributed by atoms with E-state index < -0.39 is 0 Å². The summed E-state index contributed by atoms with van der Waals surface area (Å²) in [7, 11) is 0. The van der Waals surface area contributed by atoms with E-state index in [2.05, 4.69) is 26.5 Å². The number of amidine groups is 1. The van der Waals surface area contributed by atoms with Crippen molar-refractivity contribution in [2.75, 3.05) is 13.2 Å². The second-order valence-corrected chi connectivity index (χ2v) is 3.55. The van der Waals surface area contributed by atoms with Crippen LogP contribution < -0.4 is 11.2 Å². The standard InChI is InChI=1S/C9H12BrN3O/c10-8-3-1-7(2-4-8)9(11)13-12-5-6-14/h1-4,12,14H,5-6H2,(H2,11,13). The summed E-state index contributed by atoms with van der Waals surface area (Å²) >= 11 is 3.33. The monoisotopic (exact) mass is 257 g/mol. The largest absolute Gasteiger partial charge is 0.394 e. The summed E-state index contributed by atoms with van der Waals surface area (Å²) in [5.41, 5.74) is 9.17. The Balaban J connectivity index is 2.64. The van der Waals surface area contributed by atoms with Crippen LogP contribution in [0.5, 0.6) is 0 Å². The van der Waals surface area contributed by atoms with Gasteiger partial charge in [-0.05, 0) is 12.1 Å². The van der Waals surface area contributed by atoms with Gasteiger partial charge in [-0.25, -0.2) is 0 Å². The van der Waals surface area contributed by atoms with Gasteiger partial charge in [0.2, 0.25) is 0 Å². The van der Waals surface area contributed by atoms with Crippen molar-refractivity contribution >= 4 is 21.8 Å². The molecular formula is C9H12BrN3O. The number of nitrogens with one attached hydrogen (secondary N) is 1. The summed E-state index contributed by atoms with van der Waals surface area (Å²) in [5, 5.41) is 12.4. The summed E-state index contributed by atoms with van der Waals surface area (Å²) in [6, 6.07) is 7.51. The number of hydrogen-bond acceptors (Lipinski definition) is 3. The Morgan fingerprint density at radius 3 is 2.64 bits per heavy atom. The Hall–Kier alpha value is -1.07. The smallest absolute Gasteiger partial charge is 0.150 e. The van der Waals surface area contributed by atoms with E-state index in [1.165, 1.54) is 0 Å². The van der Waals surface area contributed by atoms with E-state index in [4.69, 9.17) is 10.8 Å². The molecule has 0 atom stereocenters. The van der Waals surface area contributed by atoms with Crippen LogP contribution in [-0.2, 0) is 0 Å². The molecule has 4 N–H and O–H groups in total. The maximum Gasteiger partial charge on any atom is 0.150 e. The molecule has 0 aliphatic carbocycles. The van der Waals surface area contributed by atoms with E-state index in [1.807, 2.05) is 24.3 Å².